The van der Waals surface area contributed by atoms with Gasteiger partial charge in [0.1, 0.15) is 0 Å². The molecule has 0 saturated heterocycles. The van der Waals surface area contributed by atoms with Crippen LogP contribution in [0.15, 0.2) is 42.7 Å². The zero-order valence-electron chi connectivity index (χ0n) is 23.0. The van der Waals surface area contributed by atoms with Gasteiger partial charge in [0.25, 0.3) is 0 Å². The average Bonchev–Trinajstić information content (AvgIpc) is 3.30. The molecular weight excluding hydrogens is 474 g/mol. The molecule has 0 fully saturated rings. The molecule has 3 heterocycles. The van der Waals surface area contributed by atoms with Crippen molar-refractivity contribution in [1.29, 1.82) is 10.8 Å². The minimum atomic E-state index is 0.588. The number of rotatable bonds is 8. The molecule has 4 aromatic rings. The lowest BCUT2D eigenvalue weighted by Crippen LogP contribution is -2.29. The second-order valence-corrected chi connectivity index (χ2v) is 10.1. The number of hydrogen-bond donors (Lipinski definition) is 2. The van der Waals surface area contributed by atoms with Crippen LogP contribution in [0.1, 0.15) is 30.0 Å². The van der Waals surface area contributed by atoms with E-state index in [2.05, 4.69) is 90.1 Å². The Morgan fingerprint density at radius 1 is 1.13 bits per heavy atom. The molecule has 0 aliphatic carbocycles. The van der Waals surface area contributed by atoms with Crippen molar-refractivity contribution in [3.8, 4) is 11.3 Å². The zero-order chi connectivity index (χ0) is 27.4. The Hall–Kier alpha value is -4.16. The first-order chi connectivity index (χ1) is 18.4. The van der Waals surface area contributed by atoms with Crippen LogP contribution >= 0.6 is 0 Å². The Morgan fingerprint density at radius 2 is 1.92 bits per heavy atom. The average molecular weight is 512 g/mol. The number of hydrogen-bond acceptors (Lipinski definition) is 8. The monoisotopic (exact) mass is 511 g/mol. The van der Waals surface area contributed by atoms with Gasteiger partial charge in [-0.15, -0.1) is 0 Å². The number of nitrogen functional groups attached to an aromatic ring is 1. The van der Waals surface area contributed by atoms with Crippen LogP contribution in [0, 0.1) is 17.7 Å². The molecule has 198 valence electrons. The first kappa shape index (κ1) is 26.9. The van der Waals surface area contributed by atoms with Gasteiger partial charge < -0.3 is 25.4 Å². The van der Waals surface area contributed by atoms with Crippen LogP contribution in [-0.4, -0.2) is 53.7 Å². The fourth-order valence-corrected chi connectivity index (χ4v) is 5.17. The summed E-state index contributed by atoms with van der Waals surface area (Å²) in [7, 11) is 6.25. The number of aromatic nitrogens is 3. The van der Waals surface area contributed by atoms with E-state index in [4.69, 9.17) is 21.5 Å². The van der Waals surface area contributed by atoms with Crippen LogP contribution in [0.25, 0.3) is 22.2 Å². The Kier molecular flexibility index (Phi) is 8.13. The largest absolute Gasteiger partial charge is 0.397 e. The van der Waals surface area contributed by atoms with Crippen LogP contribution in [0.5, 0.6) is 0 Å². The third-order valence-corrected chi connectivity index (χ3v) is 7.24. The van der Waals surface area contributed by atoms with Crippen molar-refractivity contribution in [1.82, 2.24) is 19.4 Å². The van der Waals surface area contributed by atoms with Crippen LogP contribution in [-0.2, 0) is 19.4 Å². The van der Waals surface area contributed by atoms with E-state index in [9.17, 15) is 0 Å². The molecule has 0 spiro atoms. The van der Waals surface area contributed by atoms with Gasteiger partial charge in [-0.1, -0.05) is 25.1 Å². The van der Waals surface area contributed by atoms with E-state index in [-0.39, 0.29) is 0 Å². The molecule has 9 nitrogen and oxygen atoms in total. The highest BCUT2D eigenvalue weighted by Gasteiger charge is 2.20. The van der Waals surface area contributed by atoms with Crippen molar-refractivity contribution in [3.05, 3.63) is 59.4 Å². The number of para-hydroxylation sites is 1. The topological polar surface area (TPSA) is 123 Å². The summed E-state index contributed by atoms with van der Waals surface area (Å²) in [5, 5.41) is 16.7. The van der Waals surface area contributed by atoms with Crippen LogP contribution in [0.4, 0.5) is 23.0 Å². The number of anilines is 4. The van der Waals surface area contributed by atoms with E-state index in [1.54, 1.807) is 0 Å². The Bertz CT molecular complexity index is 1450. The quantitative estimate of drug-likeness (QED) is 0.242. The Labute approximate surface area is 224 Å². The molecule has 38 heavy (non-hydrogen) atoms. The van der Waals surface area contributed by atoms with Gasteiger partial charge in [0.15, 0.2) is 0 Å². The third-order valence-electron chi connectivity index (χ3n) is 7.24. The molecule has 1 aliphatic rings. The van der Waals surface area contributed by atoms with Crippen LogP contribution in [0.2, 0.25) is 0 Å². The predicted molar refractivity (Wildman–Crippen MR) is 155 cm³/mol. The van der Waals surface area contributed by atoms with Crippen molar-refractivity contribution in [2.45, 2.75) is 39.7 Å². The summed E-state index contributed by atoms with van der Waals surface area (Å²) in [5.41, 5.74) is 16.4. The van der Waals surface area contributed by atoms with Crippen molar-refractivity contribution < 1.29 is 0 Å². The molecule has 0 saturated carbocycles. The summed E-state index contributed by atoms with van der Waals surface area (Å²) in [6.45, 7) is 7.18. The molecule has 5 rings (SSSR count). The summed E-state index contributed by atoms with van der Waals surface area (Å²) in [5.74, 6) is 0.588. The number of likely N-dealkylation sites (N-methyl/N-ethyl adjacent to an activating group) is 2. The lowest BCUT2D eigenvalue weighted by atomic mass is 10.0. The molecule has 0 radical (unpaired) electrons. The molecule has 3 N–H and O–H groups in total. The standard InChI is InChI=1S/C29H37N7.N2/c1-6-20-17-31-29(32-25-16-24(30)26(15-19(25)2)35(5)14-13-34(3)4)33-27(20)23-18-36-12-8-10-21-9-7-11-22(23)28(21)36;1-2/h7,9,11,15-18H,6,8,10,12-14,30H2,1-5H3,(H,31,32,33);. The molecule has 9 heteroatoms. The van der Waals surface area contributed by atoms with Crippen molar-refractivity contribution in [3.63, 3.8) is 0 Å². The van der Waals surface area contributed by atoms with E-state index in [0.717, 1.165) is 66.4 Å². The van der Waals surface area contributed by atoms with Crippen molar-refractivity contribution in [2.24, 2.45) is 0 Å². The molecular formula is C29H37N9. The maximum Gasteiger partial charge on any atom is 0.227 e. The number of nitrogens with zero attached hydrogens (tertiary/aromatic N) is 7. The summed E-state index contributed by atoms with van der Waals surface area (Å²) < 4.78 is 2.40. The first-order valence-electron chi connectivity index (χ1n) is 13.1. The fraction of sp³-hybridized carbons (Fsp3) is 0.379. The summed E-state index contributed by atoms with van der Waals surface area (Å²) in [6.07, 6.45) is 7.43. The van der Waals surface area contributed by atoms with Crippen molar-refractivity contribution in [2.75, 3.05) is 50.2 Å². The minimum absolute atomic E-state index is 0.588. The molecule has 2 aromatic carbocycles. The van der Waals surface area contributed by atoms with E-state index >= 15 is 0 Å². The normalized spacial score (nSPS) is 12.3. The SMILES string of the molecule is CCc1cnc(Nc2cc(N)c(N(C)CCN(C)C)cc2C)nc1-c1cn2c3c(cccc13)CCC2.N#N. The van der Waals surface area contributed by atoms with Gasteiger partial charge in [0, 0.05) is 66.5 Å². The lowest BCUT2D eigenvalue weighted by Gasteiger charge is -2.24. The van der Waals surface area contributed by atoms with E-state index in [1.807, 2.05) is 12.3 Å². The second kappa shape index (κ2) is 11.5. The van der Waals surface area contributed by atoms with Gasteiger partial charge >= 0.3 is 0 Å². The zero-order valence-corrected chi connectivity index (χ0v) is 23.0. The first-order valence-corrected chi connectivity index (χ1v) is 13.1. The third kappa shape index (κ3) is 5.27. The number of nitrogens with two attached hydrogens (primary N) is 1. The molecule has 0 unspecified atom stereocenters. The summed E-state index contributed by atoms with van der Waals surface area (Å²) in [6, 6.07) is 10.8. The highest BCUT2D eigenvalue weighted by atomic mass is 15.2. The van der Waals surface area contributed by atoms with Crippen LogP contribution in [0.3, 0.4) is 0 Å². The van der Waals surface area contributed by atoms with E-state index in [0.29, 0.717) is 5.95 Å². The fourth-order valence-electron chi connectivity index (χ4n) is 5.17. The second-order valence-electron chi connectivity index (χ2n) is 10.1. The minimum Gasteiger partial charge on any atom is -0.397 e. The highest BCUT2D eigenvalue weighted by molar-refractivity contribution is 5.98. The molecule has 1 aliphatic heterocycles. The number of aryl methyl sites for hydroxylation is 4. The van der Waals surface area contributed by atoms with Gasteiger partial charge in [-0.3, -0.25) is 0 Å². The van der Waals surface area contributed by atoms with E-state index < -0.39 is 0 Å². The Morgan fingerprint density at radius 3 is 2.66 bits per heavy atom. The van der Waals surface area contributed by atoms with Gasteiger partial charge in [0.05, 0.1) is 22.6 Å². The number of nitrogens with one attached hydrogen (secondary N) is 1. The summed E-state index contributed by atoms with van der Waals surface area (Å²) >= 11 is 0. The molecule has 2 aromatic heterocycles. The maximum absolute atomic E-state index is 6.48. The smallest absolute Gasteiger partial charge is 0.227 e. The van der Waals surface area contributed by atoms with Gasteiger partial charge in [-0.25, -0.2) is 9.97 Å². The van der Waals surface area contributed by atoms with Gasteiger partial charge in [-0.2, -0.15) is 0 Å². The van der Waals surface area contributed by atoms with E-state index in [1.165, 1.54) is 28.5 Å². The summed E-state index contributed by atoms with van der Waals surface area (Å²) in [4.78, 5) is 14.1. The maximum atomic E-state index is 6.48. The number of benzene rings is 2. The highest BCUT2D eigenvalue weighted by Crippen LogP contribution is 2.37. The van der Waals surface area contributed by atoms with Gasteiger partial charge in [0.2, 0.25) is 5.95 Å². The lowest BCUT2D eigenvalue weighted by molar-refractivity contribution is 0.416. The molecule has 0 bridgehead atoms. The molecule has 0 atom stereocenters. The van der Waals surface area contributed by atoms with Crippen molar-refractivity contribution >= 4 is 33.9 Å². The predicted octanol–water partition coefficient (Wildman–Crippen LogP) is 5.27. The molecule has 0 amide bonds. The van der Waals surface area contributed by atoms with Gasteiger partial charge in [-0.05, 0) is 69.1 Å². The Balaban J connectivity index is 0.00000164. The van der Waals surface area contributed by atoms with Crippen LogP contribution < -0.4 is 16.0 Å².